The van der Waals surface area contributed by atoms with Crippen molar-refractivity contribution in [2.45, 2.75) is 31.7 Å². The molecule has 16 heavy (non-hydrogen) atoms. The third-order valence-corrected chi connectivity index (χ3v) is 3.52. The molecule has 2 unspecified atom stereocenters. The van der Waals surface area contributed by atoms with E-state index in [1.165, 1.54) is 0 Å². The molecule has 0 bridgehead atoms. The van der Waals surface area contributed by atoms with Crippen molar-refractivity contribution in [2.24, 2.45) is 11.8 Å². The second-order valence-corrected chi connectivity index (χ2v) is 4.78. The summed E-state index contributed by atoms with van der Waals surface area (Å²) >= 11 is 0. The van der Waals surface area contributed by atoms with Gasteiger partial charge in [-0.2, -0.15) is 0 Å². The van der Waals surface area contributed by atoms with Crippen molar-refractivity contribution >= 4 is 11.9 Å². The van der Waals surface area contributed by atoms with Crippen LogP contribution < -0.4 is 10.6 Å². The summed E-state index contributed by atoms with van der Waals surface area (Å²) in [6.45, 7) is 1.81. The van der Waals surface area contributed by atoms with Gasteiger partial charge in [0.2, 0.25) is 5.91 Å². The van der Waals surface area contributed by atoms with Crippen molar-refractivity contribution in [3.63, 3.8) is 0 Å². The summed E-state index contributed by atoms with van der Waals surface area (Å²) in [5.41, 5.74) is 0. The standard InChI is InChI=1S/C11H18N2O3/c14-10(4-7-5-12-6-7)13-9-3-1-2-8(9)11(15)16/h7-9,12H,1-6H2,(H,13,14)(H,15,16). The van der Waals surface area contributed by atoms with Gasteiger partial charge in [-0.15, -0.1) is 0 Å². The molecule has 1 heterocycles. The highest BCUT2D eigenvalue weighted by molar-refractivity contribution is 5.78. The lowest BCUT2D eigenvalue weighted by Crippen LogP contribution is -2.47. The number of hydrogen-bond donors (Lipinski definition) is 3. The first-order chi connectivity index (χ1) is 7.66. The van der Waals surface area contributed by atoms with Gasteiger partial charge in [-0.05, 0) is 31.8 Å². The number of rotatable bonds is 4. The summed E-state index contributed by atoms with van der Waals surface area (Å²) < 4.78 is 0. The van der Waals surface area contributed by atoms with Crippen LogP contribution in [0.3, 0.4) is 0 Å². The van der Waals surface area contributed by atoms with E-state index >= 15 is 0 Å². The van der Waals surface area contributed by atoms with E-state index in [1.807, 2.05) is 0 Å². The predicted molar refractivity (Wildman–Crippen MR) is 57.9 cm³/mol. The van der Waals surface area contributed by atoms with E-state index in [9.17, 15) is 9.59 Å². The van der Waals surface area contributed by atoms with Gasteiger partial charge in [-0.25, -0.2) is 0 Å². The monoisotopic (exact) mass is 226 g/mol. The maximum absolute atomic E-state index is 11.6. The molecule has 2 aliphatic rings. The molecular weight excluding hydrogens is 208 g/mol. The Hall–Kier alpha value is -1.10. The maximum atomic E-state index is 11.6. The average molecular weight is 226 g/mol. The molecule has 3 N–H and O–H groups in total. The molecule has 1 saturated carbocycles. The number of carbonyl (C=O) groups is 2. The Morgan fingerprint density at radius 1 is 1.31 bits per heavy atom. The lowest BCUT2D eigenvalue weighted by molar-refractivity contribution is -0.142. The molecular formula is C11H18N2O3. The van der Waals surface area contributed by atoms with E-state index < -0.39 is 5.97 Å². The molecule has 0 aromatic carbocycles. The topological polar surface area (TPSA) is 78.4 Å². The molecule has 0 spiro atoms. The highest BCUT2D eigenvalue weighted by Gasteiger charge is 2.34. The van der Waals surface area contributed by atoms with Gasteiger partial charge >= 0.3 is 5.97 Å². The fourth-order valence-corrected chi connectivity index (χ4v) is 2.45. The number of aliphatic carboxylic acids is 1. The Bertz CT molecular complexity index is 289. The number of nitrogens with one attached hydrogen (secondary N) is 2. The Labute approximate surface area is 94.6 Å². The van der Waals surface area contributed by atoms with Crippen LogP contribution in [0.15, 0.2) is 0 Å². The fraction of sp³-hybridized carbons (Fsp3) is 0.818. The first kappa shape index (κ1) is 11.4. The van der Waals surface area contributed by atoms with E-state index in [0.717, 1.165) is 25.9 Å². The molecule has 5 nitrogen and oxygen atoms in total. The highest BCUT2D eigenvalue weighted by Crippen LogP contribution is 2.26. The largest absolute Gasteiger partial charge is 0.481 e. The van der Waals surface area contributed by atoms with Crippen molar-refractivity contribution in [3.8, 4) is 0 Å². The van der Waals surface area contributed by atoms with Crippen LogP contribution in [-0.2, 0) is 9.59 Å². The van der Waals surface area contributed by atoms with Gasteiger partial charge in [-0.3, -0.25) is 9.59 Å². The molecule has 1 amide bonds. The van der Waals surface area contributed by atoms with Gasteiger partial charge in [0, 0.05) is 12.5 Å². The minimum absolute atomic E-state index is 0.00431. The Kier molecular flexibility index (Phi) is 3.43. The zero-order chi connectivity index (χ0) is 11.5. The summed E-state index contributed by atoms with van der Waals surface area (Å²) in [5.74, 6) is -0.731. The van der Waals surface area contributed by atoms with Crippen LogP contribution in [-0.4, -0.2) is 36.1 Å². The van der Waals surface area contributed by atoms with Crippen molar-refractivity contribution < 1.29 is 14.7 Å². The molecule has 0 aromatic rings. The van der Waals surface area contributed by atoms with Crippen LogP contribution in [0.25, 0.3) is 0 Å². The molecule has 1 aliphatic heterocycles. The lowest BCUT2D eigenvalue weighted by atomic mass is 9.98. The molecule has 2 atom stereocenters. The smallest absolute Gasteiger partial charge is 0.308 e. The van der Waals surface area contributed by atoms with E-state index in [2.05, 4.69) is 10.6 Å². The summed E-state index contributed by atoms with van der Waals surface area (Å²) in [5, 5.41) is 14.9. The normalized spacial score (nSPS) is 29.8. The number of hydrogen-bond acceptors (Lipinski definition) is 3. The van der Waals surface area contributed by atoms with E-state index in [0.29, 0.717) is 18.8 Å². The van der Waals surface area contributed by atoms with Gasteiger partial charge in [0.15, 0.2) is 0 Å². The number of carboxylic acids is 1. The minimum Gasteiger partial charge on any atom is -0.481 e. The van der Waals surface area contributed by atoms with Gasteiger partial charge < -0.3 is 15.7 Å². The van der Waals surface area contributed by atoms with Crippen molar-refractivity contribution in [3.05, 3.63) is 0 Å². The lowest BCUT2D eigenvalue weighted by Gasteiger charge is -2.27. The molecule has 0 aromatic heterocycles. The molecule has 0 radical (unpaired) electrons. The average Bonchev–Trinajstić information content (AvgIpc) is 2.59. The highest BCUT2D eigenvalue weighted by atomic mass is 16.4. The molecule has 1 saturated heterocycles. The quantitative estimate of drug-likeness (QED) is 0.629. The molecule has 2 fully saturated rings. The number of carbonyl (C=O) groups excluding carboxylic acids is 1. The van der Waals surface area contributed by atoms with Crippen LogP contribution in [0, 0.1) is 11.8 Å². The Balaban J connectivity index is 1.78. The van der Waals surface area contributed by atoms with Crippen molar-refractivity contribution in [2.75, 3.05) is 13.1 Å². The second-order valence-electron chi connectivity index (χ2n) is 4.78. The van der Waals surface area contributed by atoms with E-state index in [1.54, 1.807) is 0 Å². The third-order valence-electron chi connectivity index (χ3n) is 3.52. The SMILES string of the molecule is O=C(CC1CNC1)NC1CCCC1C(=O)O. The molecule has 2 rings (SSSR count). The molecule has 5 heteroatoms. The summed E-state index contributed by atoms with van der Waals surface area (Å²) in [7, 11) is 0. The predicted octanol–water partition coefficient (Wildman–Crippen LogP) is -0.0346. The van der Waals surface area contributed by atoms with Crippen molar-refractivity contribution in [1.82, 2.24) is 10.6 Å². The molecule has 1 aliphatic carbocycles. The summed E-state index contributed by atoms with van der Waals surface area (Å²) in [6.07, 6.45) is 2.90. The maximum Gasteiger partial charge on any atom is 0.308 e. The Morgan fingerprint density at radius 2 is 2.06 bits per heavy atom. The van der Waals surface area contributed by atoms with Gasteiger partial charge in [-0.1, -0.05) is 6.42 Å². The summed E-state index contributed by atoms with van der Waals surface area (Å²) in [4.78, 5) is 22.6. The Morgan fingerprint density at radius 3 is 2.62 bits per heavy atom. The van der Waals surface area contributed by atoms with Gasteiger partial charge in [0.25, 0.3) is 0 Å². The minimum atomic E-state index is -0.784. The first-order valence-electron chi connectivity index (χ1n) is 5.89. The number of amides is 1. The van der Waals surface area contributed by atoms with E-state index in [-0.39, 0.29) is 17.9 Å². The summed E-state index contributed by atoms with van der Waals surface area (Å²) in [6, 6.07) is -0.155. The van der Waals surface area contributed by atoms with Gasteiger partial charge in [0.1, 0.15) is 0 Å². The van der Waals surface area contributed by atoms with Crippen LogP contribution in [0.4, 0.5) is 0 Å². The number of carboxylic acid groups (broad SMARTS) is 1. The van der Waals surface area contributed by atoms with Crippen LogP contribution >= 0.6 is 0 Å². The van der Waals surface area contributed by atoms with Gasteiger partial charge in [0.05, 0.1) is 5.92 Å². The molecule has 90 valence electrons. The van der Waals surface area contributed by atoms with Crippen LogP contribution in [0.2, 0.25) is 0 Å². The first-order valence-corrected chi connectivity index (χ1v) is 5.89. The second kappa shape index (κ2) is 4.82. The third kappa shape index (κ3) is 2.52. The van der Waals surface area contributed by atoms with Crippen LogP contribution in [0.1, 0.15) is 25.7 Å². The van der Waals surface area contributed by atoms with Crippen molar-refractivity contribution in [1.29, 1.82) is 0 Å². The zero-order valence-corrected chi connectivity index (χ0v) is 9.24. The van der Waals surface area contributed by atoms with Crippen LogP contribution in [0.5, 0.6) is 0 Å². The fourth-order valence-electron chi connectivity index (χ4n) is 2.45. The van der Waals surface area contributed by atoms with E-state index in [4.69, 9.17) is 5.11 Å². The zero-order valence-electron chi connectivity index (χ0n) is 9.24.